The Morgan fingerprint density at radius 3 is 2.10 bits per heavy atom. The van der Waals surface area contributed by atoms with Crippen LogP contribution in [0.4, 0.5) is 0 Å². The van der Waals surface area contributed by atoms with E-state index in [2.05, 4.69) is 16.0 Å². The van der Waals surface area contributed by atoms with Gasteiger partial charge in [-0.3, -0.25) is 14.6 Å². The van der Waals surface area contributed by atoms with Crippen molar-refractivity contribution in [2.24, 2.45) is 10.9 Å². The molecule has 214 valence electrons. The van der Waals surface area contributed by atoms with Crippen LogP contribution in [0.1, 0.15) is 41.9 Å². The quantitative estimate of drug-likeness (QED) is 0.333. The van der Waals surface area contributed by atoms with Crippen molar-refractivity contribution in [2.75, 3.05) is 34.9 Å². The highest BCUT2D eigenvalue weighted by Gasteiger charge is 2.46. The molecular formula is C30H34Cl2N2O6. The number of halogens is 2. The van der Waals surface area contributed by atoms with Gasteiger partial charge in [0.2, 0.25) is 0 Å². The monoisotopic (exact) mass is 588 g/mol. The van der Waals surface area contributed by atoms with E-state index in [4.69, 9.17) is 32.7 Å². The summed E-state index contributed by atoms with van der Waals surface area (Å²) in [5.74, 6) is -4.94. The third-order valence-corrected chi connectivity index (χ3v) is 7.56. The second kappa shape index (κ2) is 14.4. The minimum absolute atomic E-state index is 0.0576. The first kappa shape index (κ1) is 31.3. The molecule has 0 amide bonds. The third-order valence-electron chi connectivity index (χ3n) is 6.90. The average molecular weight is 590 g/mol. The Kier molecular flexibility index (Phi) is 11.3. The molecule has 8 nitrogen and oxygen atoms in total. The number of carboxylic acids is 1. The maximum Gasteiger partial charge on any atom is 0.336 e. The molecule has 2 atom stereocenters. The first-order valence-corrected chi connectivity index (χ1v) is 13.7. The van der Waals surface area contributed by atoms with E-state index in [0.717, 1.165) is 24.9 Å². The molecule has 0 saturated heterocycles. The van der Waals surface area contributed by atoms with Crippen molar-refractivity contribution < 1.29 is 29.0 Å². The molecule has 0 radical (unpaired) electrons. The SMILES string of the molecule is COC(=O)C1=C(CCc2ccccc2CCCN(C)C)N=C(CC(=O)O)C(C(=O)OC)C1c1c(Cl)cccc1Cl. The fraction of sp³-hybridized carbons (Fsp3) is 0.400. The molecule has 0 saturated carbocycles. The number of hydrogen-bond acceptors (Lipinski definition) is 7. The Bertz CT molecular complexity index is 1300. The minimum Gasteiger partial charge on any atom is -0.481 e. The summed E-state index contributed by atoms with van der Waals surface area (Å²) in [7, 11) is 6.50. The number of aryl methyl sites for hydroxylation is 2. The van der Waals surface area contributed by atoms with E-state index in [9.17, 15) is 19.5 Å². The summed E-state index contributed by atoms with van der Waals surface area (Å²) in [6.45, 7) is 0.948. The van der Waals surface area contributed by atoms with Crippen molar-refractivity contribution in [3.8, 4) is 0 Å². The van der Waals surface area contributed by atoms with Crippen LogP contribution in [0.5, 0.6) is 0 Å². The van der Waals surface area contributed by atoms with Gasteiger partial charge in [-0.05, 0) is 75.1 Å². The van der Waals surface area contributed by atoms with E-state index in [-0.39, 0.29) is 21.3 Å². The lowest BCUT2D eigenvalue weighted by Crippen LogP contribution is -2.38. The molecular weight excluding hydrogens is 555 g/mol. The molecule has 1 aliphatic rings. The number of benzene rings is 2. The van der Waals surface area contributed by atoms with Gasteiger partial charge in [-0.1, -0.05) is 53.5 Å². The Morgan fingerprint density at radius 2 is 1.55 bits per heavy atom. The molecule has 2 unspecified atom stereocenters. The van der Waals surface area contributed by atoms with Gasteiger partial charge in [-0.2, -0.15) is 0 Å². The highest BCUT2D eigenvalue weighted by molar-refractivity contribution is 6.36. The number of allylic oxidation sites excluding steroid dienone is 1. The fourth-order valence-electron chi connectivity index (χ4n) is 5.09. The van der Waals surface area contributed by atoms with Gasteiger partial charge in [-0.15, -0.1) is 0 Å². The molecule has 1 aliphatic heterocycles. The van der Waals surface area contributed by atoms with E-state index in [1.54, 1.807) is 18.2 Å². The summed E-state index contributed by atoms with van der Waals surface area (Å²) >= 11 is 13.2. The van der Waals surface area contributed by atoms with E-state index in [1.807, 2.05) is 32.3 Å². The summed E-state index contributed by atoms with van der Waals surface area (Å²) in [5, 5.41) is 10.1. The first-order valence-electron chi connectivity index (χ1n) is 12.9. The molecule has 1 N–H and O–H groups in total. The number of rotatable bonds is 12. The van der Waals surface area contributed by atoms with Crippen molar-refractivity contribution >= 4 is 46.8 Å². The number of methoxy groups -OCH3 is 2. The fourth-order valence-corrected chi connectivity index (χ4v) is 5.73. The largest absolute Gasteiger partial charge is 0.481 e. The second-order valence-corrected chi connectivity index (χ2v) is 10.6. The number of carbonyl (C=O) groups excluding carboxylic acids is 2. The Labute approximate surface area is 244 Å². The van der Waals surface area contributed by atoms with Crippen LogP contribution in [0.2, 0.25) is 10.0 Å². The van der Waals surface area contributed by atoms with Crippen molar-refractivity contribution in [1.29, 1.82) is 0 Å². The number of carbonyl (C=O) groups is 3. The van der Waals surface area contributed by atoms with Gasteiger partial charge < -0.3 is 19.5 Å². The third kappa shape index (κ3) is 7.50. The molecule has 0 bridgehead atoms. The lowest BCUT2D eigenvalue weighted by atomic mass is 9.74. The lowest BCUT2D eigenvalue weighted by Gasteiger charge is -2.33. The van der Waals surface area contributed by atoms with E-state index < -0.39 is 36.2 Å². The number of nitrogens with zero attached hydrogens (tertiary/aromatic N) is 2. The zero-order valence-corrected chi connectivity index (χ0v) is 24.6. The van der Waals surface area contributed by atoms with Crippen LogP contribution in [-0.2, 0) is 36.7 Å². The highest BCUT2D eigenvalue weighted by atomic mass is 35.5. The summed E-state index contributed by atoms with van der Waals surface area (Å²) < 4.78 is 10.2. The molecule has 40 heavy (non-hydrogen) atoms. The summed E-state index contributed by atoms with van der Waals surface area (Å²) in [4.78, 5) is 45.1. The molecule has 1 heterocycles. The number of aliphatic carboxylic acids is 1. The van der Waals surface area contributed by atoms with E-state index in [0.29, 0.717) is 24.1 Å². The van der Waals surface area contributed by atoms with Crippen LogP contribution in [0.25, 0.3) is 0 Å². The molecule has 10 heteroatoms. The Balaban J connectivity index is 2.16. The van der Waals surface area contributed by atoms with Crippen molar-refractivity contribution in [3.05, 3.63) is 80.5 Å². The van der Waals surface area contributed by atoms with Crippen molar-refractivity contribution in [2.45, 2.75) is 38.0 Å². The molecule has 0 aliphatic carbocycles. The number of hydrogen-bond donors (Lipinski definition) is 1. The van der Waals surface area contributed by atoms with E-state index >= 15 is 0 Å². The van der Waals surface area contributed by atoms with Gasteiger partial charge in [0.15, 0.2) is 0 Å². The van der Waals surface area contributed by atoms with Gasteiger partial charge >= 0.3 is 17.9 Å². The van der Waals surface area contributed by atoms with Crippen molar-refractivity contribution in [1.82, 2.24) is 4.90 Å². The summed E-state index contributed by atoms with van der Waals surface area (Å²) in [6, 6.07) is 12.9. The maximum atomic E-state index is 13.3. The smallest absolute Gasteiger partial charge is 0.336 e. The van der Waals surface area contributed by atoms with E-state index in [1.165, 1.54) is 19.8 Å². The van der Waals surface area contributed by atoms with Gasteiger partial charge in [0.1, 0.15) is 5.92 Å². The number of aliphatic imine (C=N–C) groups is 1. The summed E-state index contributed by atoms with van der Waals surface area (Å²) in [6.07, 6.45) is 2.16. The van der Waals surface area contributed by atoms with Gasteiger partial charge in [0, 0.05) is 21.7 Å². The Hall–Kier alpha value is -3.20. The predicted molar refractivity (Wildman–Crippen MR) is 155 cm³/mol. The molecule has 2 aromatic rings. The molecule has 3 rings (SSSR count). The van der Waals surface area contributed by atoms with Crippen LogP contribution in [0.15, 0.2) is 58.7 Å². The average Bonchev–Trinajstić information content (AvgIpc) is 2.91. The first-order chi connectivity index (χ1) is 19.1. The maximum absolute atomic E-state index is 13.3. The lowest BCUT2D eigenvalue weighted by molar-refractivity contribution is -0.143. The van der Waals surface area contributed by atoms with Gasteiger partial charge in [0.25, 0.3) is 0 Å². The topological polar surface area (TPSA) is 106 Å². The van der Waals surface area contributed by atoms with Gasteiger partial charge in [0.05, 0.1) is 31.9 Å². The van der Waals surface area contributed by atoms with Crippen LogP contribution in [0.3, 0.4) is 0 Å². The molecule has 2 aromatic carbocycles. The van der Waals surface area contributed by atoms with Crippen LogP contribution in [-0.4, -0.2) is 68.5 Å². The highest BCUT2D eigenvalue weighted by Crippen LogP contribution is 2.46. The number of carboxylic acid groups (broad SMARTS) is 1. The number of esters is 2. The minimum atomic E-state index is -1.24. The van der Waals surface area contributed by atoms with Crippen molar-refractivity contribution in [3.63, 3.8) is 0 Å². The van der Waals surface area contributed by atoms with Crippen LogP contribution in [0, 0.1) is 5.92 Å². The van der Waals surface area contributed by atoms with Crippen LogP contribution < -0.4 is 0 Å². The van der Waals surface area contributed by atoms with Crippen LogP contribution >= 0.6 is 23.2 Å². The molecule has 0 aromatic heterocycles. The summed E-state index contributed by atoms with van der Waals surface area (Å²) in [5.41, 5.74) is 3.08. The normalized spacial score (nSPS) is 17.0. The Morgan fingerprint density at radius 1 is 0.925 bits per heavy atom. The standard InChI is InChI=1S/C30H34Cl2N2O6/c1-34(2)16-8-11-18-9-5-6-10-19(18)14-15-22-26(29(37)39-3)28(25-20(31)12-7-13-21(25)32)27(30(38)40-4)23(33-22)17-24(35)36/h5-7,9-10,12-13,27-28H,8,11,14-17H2,1-4H3,(H,35,36). The zero-order valence-electron chi connectivity index (χ0n) is 23.1. The molecule has 0 fully saturated rings. The molecule has 0 spiro atoms. The predicted octanol–water partition coefficient (Wildman–Crippen LogP) is 5.35. The van der Waals surface area contributed by atoms with Gasteiger partial charge in [-0.25, -0.2) is 4.79 Å². The number of ether oxygens (including phenoxy) is 2. The zero-order chi connectivity index (χ0) is 29.4. The second-order valence-electron chi connectivity index (χ2n) is 9.81.